The molecule has 0 saturated heterocycles. The van der Waals surface area contributed by atoms with Gasteiger partial charge in [-0.3, -0.25) is 9.11 Å². The zero-order chi connectivity index (χ0) is 11.7. The molecule has 0 atom stereocenters. The van der Waals surface area contributed by atoms with Crippen molar-refractivity contribution in [1.82, 2.24) is 0 Å². The van der Waals surface area contributed by atoms with Gasteiger partial charge in [0.2, 0.25) is 0 Å². The standard InChI is InChI=1S/C4H7NO.CN.3CH4.Na.H2O4S.H2O/c1-4(2,6)3-5;1-2;;;;;1-5(2,3)4;/h6H,1-2H3;;3*1H4;;(H2,1,2,3,4);1H2/q;-1;;;;+1;;. The van der Waals surface area contributed by atoms with Crippen LogP contribution in [-0.4, -0.2) is 33.7 Å². The summed E-state index contributed by atoms with van der Waals surface area (Å²) in [6.45, 7) is 7.62. The van der Waals surface area contributed by atoms with E-state index in [-0.39, 0.29) is 57.3 Å². The van der Waals surface area contributed by atoms with Gasteiger partial charge in [-0.25, -0.2) is 0 Å². The summed E-state index contributed by atoms with van der Waals surface area (Å²) in [5, 5.41) is 22.6. The number of hydrogen-bond donors (Lipinski definition) is 3. The zero-order valence-electron chi connectivity index (χ0n) is 8.46. The molecule has 0 unspecified atom stereocenters. The van der Waals surface area contributed by atoms with E-state index in [9.17, 15) is 0 Å². The Bertz CT molecular complexity index is 270. The number of aliphatic hydroxyl groups is 1. The molecular weight excluding hydrogens is 275 g/mol. The van der Waals surface area contributed by atoms with Gasteiger partial charge in [0.1, 0.15) is 5.60 Å². The normalized spacial score (nSPS) is 6.78. The minimum absolute atomic E-state index is 0. The van der Waals surface area contributed by atoms with Gasteiger partial charge in [0.25, 0.3) is 0 Å². The summed E-state index contributed by atoms with van der Waals surface area (Å²) in [7, 11) is -4.67. The monoisotopic (exact) mass is 298 g/mol. The van der Waals surface area contributed by atoms with Crippen molar-refractivity contribution in [2.45, 2.75) is 41.7 Å². The van der Waals surface area contributed by atoms with Crippen LogP contribution in [0, 0.1) is 23.2 Å². The van der Waals surface area contributed by atoms with Crippen LogP contribution in [0.1, 0.15) is 36.1 Å². The Morgan fingerprint density at radius 3 is 1.17 bits per heavy atom. The molecule has 0 heterocycles. The first-order chi connectivity index (χ1) is 5.56. The first kappa shape index (κ1) is 52.4. The van der Waals surface area contributed by atoms with Crippen LogP contribution in [-0.2, 0) is 10.4 Å². The Labute approximate surface area is 132 Å². The average molecular weight is 298 g/mol. The summed E-state index contributed by atoms with van der Waals surface area (Å²) in [6.07, 6.45) is 0. The van der Waals surface area contributed by atoms with Gasteiger partial charge >= 0.3 is 40.0 Å². The first-order valence-electron chi connectivity index (χ1n) is 2.62. The van der Waals surface area contributed by atoms with E-state index in [1.54, 1.807) is 6.07 Å². The Balaban J connectivity index is -0.0000000131. The molecule has 0 rings (SSSR count). The van der Waals surface area contributed by atoms with Crippen molar-refractivity contribution in [3.63, 3.8) is 0 Å². The van der Waals surface area contributed by atoms with Crippen LogP contribution >= 0.6 is 0 Å². The molecule has 5 N–H and O–H groups in total. The number of nitrogens with zero attached hydrogens (tertiary/aromatic N) is 2. The molecule has 0 spiro atoms. The van der Waals surface area contributed by atoms with Crippen LogP contribution in [0.2, 0.25) is 0 Å². The van der Waals surface area contributed by atoms with Gasteiger partial charge in [-0.15, -0.1) is 0 Å². The maximum absolute atomic E-state index is 8.74. The van der Waals surface area contributed by atoms with Crippen molar-refractivity contribution < 1.29 is 57.7 Å². The van der Waals surface area contributed by atoms with E-state index >= 15 is 0 Å². The van der Waals surface area contributed by atoms with E-state index < -0.39 is 16.0 Å². The second-order valence-corrected chi connectivity index (χ2v) is 3.01. The quantitative estimate of drug-likeness (QED) is 0.197. The van der Waals surface area contributed by atoms with E-state index in [4.69, 9.17) is 39.7 Å². The molecule has 0 saturated carbocycles. The minimum Gasteiger partial charge on any atom is -0.512 e. The van der Waals surface area contributed by atoms with E-state index in [2.05, 4.69) is 0 Å². The third-order valence-corrected chi connectivity index (χ3v) is 0.274. The number of rotatable bonds is 0. The van der Waals surface area contributed by atoms with Gasteiger partial charge in [-0.2, -0.15) is 13.7 Å². The van der Waals surface area contributed by atoms with Crippen molar-refractivity contribution in [2.24, 2.45) is 0 Å². The van der Waals surface area contributed by atoms with Gasteiger partial charge in [0.15, 0.2) is 0 Å². The summed E-state index contributed by atoms with van der Waals surface area (Å²) in [5.74, 6) is 0. The predicted octanol–water partition coefficient (Wildman–Crippen LogP) is -2.19. The second kappa shape index (κ2) is 25.6. The third kappa shape index (κ3) is 448. The van der Waals surface area contributed by atoms with E-state index in [0.29, 0.717) is 0 Å². The van der Waals surface area contributed by atoms with Crippen LogP contribution in [0.3, 0.4) is 0 Å². The van der Waals surface area contributed by atoms with Gasteiger partial charge in [-0.1, -0.05) is 22.3 Å². The van der Waals surface area contributed by atoms with Gasteiger partial charge < -0.3 is 22.4 Å². The molecule has 18 heavy (non-hydrogen) atoms. The Hall–Kier alpha value is -0.230. The fourth-order valence-electron chi connectivity index (χ4n) is 0. The molecule has 0 aliphatic carbocycles. The SMILES string of the molecule is C.C.C.CC(C)(O)C#N.O.O=S(=O)(O)O.[C-]#N.[Na+]. The van der Waals surface area contributed by atoms with Gasteiger partial charge in [-0.05, 0) is 13.8 Å². The molecule has 8 nitrogen and oxygen atoms in total. The first-order valence-corrected chi connectivity index (χ1v) is 4.02. The predicted molar refractivity (Wildman–Crippen MR) is 64.9 cm³/mol. The largest absolute Gasteiger partial charge is 1.00 e. The number of nitriles is 1. The van der Waals surface area contributed by atoms with Crippen molar-refractivity contribution in [3.05, 3.63) is 6.57 Å². The molecule has 0 aromatic heterocycles. The summed E-state index contributed by atoms with van der Waals surface area (Å²) in [6, 6.07) is 1.66. The fraction of sp³-hybridized carbons (Fsp3) is 0.750. The molecule has 0 bridgehead atoms. The molecule has 0 aromatic rings. The Kier molecular flexibility index (Phi) is 74.4. The summed E-state index contributed by atoms with van der Waals surface area (Å²) in [4.78, 5) is 0. The molecule has 108 valence electrons. The Morgan fingerprint density at radius 1 is 1.11 bits per heavy atom. The number of hydrogen-bond acceptors (Lipinski definition) is 5. The molecule has 0 aliphatic heterocycles. The van der Waals surface area contributed by atoms with E-state index in [1.807, 2.05) is 0 Å². The Morgan fingerprint density at radius 2 is 1.17 bits per heavy atom. The third-order valence-electron chi connectivity index (χ3n) is 0.274. The van der Waals surface area contributed by atoms with Gasteiger partial charge in [0.05, 0.1) is 6.07 Å². The van der Waals surface area contributed by atoms with E-state index in [1.165, 1.54) is 13.8 Å². The van der Waals surface area contributed by atoms with Crippen molar-refractivity contribution in [1.29, 1.82) is 10.5 Å². The molecule has 0 amide bonds. The van der Waals surface area contributed by atoms with Crippen molar-refractivity contribution >= 4 is 10.4 Å². The van der Waals surface area contributed by atoms with Crippen LogP contribution in [0.15, 0.2) is 0 Å². The molecule has 0 radical (unpaired) electrons. The zero-order valence-corrected chi connectivity index (χ0v) is 11.3. The topological polar surface area (TPSA) is 174 Å². The second-order valence-electron chi connectivity index (χ2n) is 2.12. The maximum Gasteiger partial charge on any atom is 1.00 e. The summed E-state index contributed by atoms with van der Waals surface area (Å²) in [5.41, 5.74) is -1.15. The molecule has 0 aromatic carbocycles. The fourth-order valence-corrected chi connectivity index (χ4v) is 0. The van der Waals surface area contributed by atoms with Crippen molar-refractivity contribution in [2.75, 3.05) is 0 Å². The molecular formula is C8H23N2NaO6S. The summed E-state index contributed by atoms with van der Waals surface area (Å²) < 4.78 is 31.6. The van der Waals surface area contributed by atoms with Crippen molar-refractivity contribution in [3.8, 4) is 6.07 Å². The van der Waals surface area contributed by atoms with Crippen LogP contribution < -0.4 is 29.6 Å². The van der Waals surface area contributed by atoms with Crippen LogP contribution in [0.25, 0.3) is 0 Å². The molecule has 0 aliphatic rings. The van der Waals surface area contributed by atoms with Crippen LogP contribution in [0.5, 0.6) is 0 Å². The molecule has 10 heteroatoms. The average Bonchev–Trinajstić information content (AvgIpc) is 1.87. The molecule has 0 fully saturated rings. The van der Waals surface area contributed by atoms with Crippen LogP contribution in [0.4, 0.5) is 0 Å². The van der Waals surface area contributed by atoms with Gasteiger partial charge in [0, 0.05) is 0 Å². The summed E-state index contributed by atoms with van der Waals surface area (Å²) >= 11 is 0. The smallest absolute Gasteiger partial charge is 0.512 e. The maximum atomic E-state index is 8.74. The minimum atomic E-state index is -4.67. The van der Waals surface area contributed by atoms with E-state index in [0.717, 1.165) is 0 Å².